The Kier molecular flexibility index (Phi) is 2.71. The maximum absolute atomic E-state index is 4.09. The number of imidazole rings is 1. The Balaban J connectivity index is 2.74. The number of aryl methyl sites for hydroxylation is 1. The fraction of sp³-hybridized carbons (Fsp3) is 0.143. The summed E-state index contributed by atoms with van der Waals surface area (Å²) >= 11 is -0.102. The van der Waals surface area contributed by atoms with E-state index in [0.29, 0.717) is 0 Å². The van der Waals surface area contributed by atoms with Crippen LogP contribution in [0.2, 0.25) is 0 Å². The van der Waals surface area contributed by atoms with Crippen LogP contribution in [-0.2, 0) is 0 Å². The van der Waals surface area contributed by atoms with E-state index in [4.69, 9.17) is 0 Å². The molecule has 2 nitrogen and oxygen atoms in total. The third kappa shape index (κ3) is 1.72. The average Bonchev–Trinajstić information content (AvgIpc) is 2.31. The van der Waals surface area contributed by atoms with E-state index in [0.717, 1.165) is 5.82 Å². The Morgan fingerprint density at radius 2 is 2.70 bits per heavy atom. The van der Waals surface area contributed by atoms with Gasteiger partial charge in [-0.3, -0.25) is 0 Å². The minimum atomic E-state index is -0.102. The van der Waals surface area contributed by atoms with Crippen molar-refractivity contribution in [2.24, 2.45) is 0 Å². The van der Waals surface area contributed by atoms with E-state index in [1.807, 2.05) is 23.4 Å². The molecule has 1 heterocycles. The number of halogens is 1. The molecule has 0 spiro atoms. The van der Waals surface area contributed by atoms with Crippen LogP contribution in [0.5, 0.6) is 0 Å². The summed E-state index contributed by atoms with van der Waals surface area (Å²) in [7, 11) is 0. The first-order valence-corrected chi connectivity index (χ1v) is 5.04. The van der Waals surface area contributed by atoms with Gasteiger partial charge in [-0.05, 0) is 0 Å². The summed E-state index contributed by atoms with van der Waals surface area (Å²) < 4.78 is 4.12. The van der Waals surface area contributed by atoms with Crippen molar-refractivity contribution in [1.82, 2.24) is 7.76 Å². The second kappa shape index (κ2) is 3.58. The van der Waals surface area contributed by atoms with E-state index >= 15 is 0 Å². The molecule has 10 heavy (non-hydrogen) atoms. The van der Waals surface area contributed by atoms with E-state index in [-0.39, 0.29) is 21.5 Å². The van der Waals surface area contributed by atoms with Crippen molar-refractivity contribution in [1.29, 1.82) is 0 Å². The summed E-state index contributed by atoms with van der Waals surface area (Å²) in [6.45, 7) is 5.50. The van der Waals surface area contributed by atoms with E-state index in [9.17, 15) is 0 Å². The van der Waals surface area contributed by atoms with Gasteiger partial charge in [0, 0.05) is 0 Å². The molecule has 1 rings (SSSR count). The summed E-state index contributed by atoms with van der Waals surface area (Å²) in [5.41, 5.74) is 2.76. The number of nitrogens with zero attached hydrogens (tertiary/aromatic N) is 2. The van der Waals surface area contributed by atoms with Crippen LogP contribution in [0.1, 0.15) is 5.82 Å². The van der Waals surface area contributed by atoms with Gasteiger partial charge < -0.3 is 0 Å². The van der Waals surface area contributed by atoms with Gasteiger partial charge in [-0.15, -0.1) is 0 Å². The molecule has 0 saturated carbocycles. The van der Waals surface area contributed by atoms with E-state index in [1.54, 1.807) is 0 Å². The molecule has 0 radical (unpaired) electrons. The molecule has 1 aromatic rings. The first-order chi connectivity index (χ1) is 4.84. The topological polar surface area (TPSA) is 17.8 Å². The quantitative estimate of drug-likeness (QED) is 0.452. The molecule has 0 fully saturated rings. The van der Waals surface area contributed by atoms with Crippen LogP contribution < -0.4 is 21.5 Å². The summed E-state index contributed by atoms with van der Waals surface area (Å²) in [6.07, 6.45) is 3.79. The van der Waals surface area contributed by atoms with Gasteiger partial charge in [0.2, 0.25) is 0 Å². The van der Waals surface area contributed by atoms with Crippen molar-refractivity contribution in [2.45, 2.75) is 6.92 Å². The minimum absolute atomic E-state index is 0.102. The fourth-order valence-corrected chi connectivity index (χ4v) is 1.91. The molecule has 0 aliphatic heterocycles. The van der Waals surface area contributed by atoms with Gasteiger partial charge in [-0.25, -0.2) is 0 Å². The molecular formula is C7H8IN2-. The van der Waals surface area contributed by atoms with Crippen LogP contribution >= 0.6 is 0 Å². The van der Waals surface area contributed by atoms with Crippen molar-refractivity contribution < 1.29 is 21.5 Å². The SMILES string of the molecule is C=C=C[I-]n1ccnc1C. The Morgan fingerprint density at radius 3 is 3.20 bits per heavy atom. The third-order valence-electron chi connectivity index (χ3n) is 0.999. The zero-order valence-corrected chi connectivity index (χ0v) is 7.87. The Bertz CT molecular complexity index is 258. The van der Waals surface area contributed by atoms with Gasteiger partial charge >= 0.3 is 70.8 Å². The van der Waals surface area contributed by atoms with Crippen molar-refractivity contribution >= 4 is 0 Å². The molecule has 0 aliphatic carbocycles. The molecule has 54 valence electrons. The molecular weight excluding hydrogens is 239 g/mol. The molecule has 0 atom stereocenters. The van der Waals surface area contributed by atoms with Gasteiger partial charge in [0.15, 0.2) is 0 Å². The van der Waals surface area contributed by atoms with Crippen molar-refractivity contribution in [3.8, 4) is 0 Å². The Hall–Kier alpha value is -0.540. The number of rotatable bonds is 2. The van der Waals surface area contributed by atoms with Crippen molar-refractivity contribution in [3.05, 3.63) is 34.6 Å². The summed E-state index contributed by atoms with van der Waals surface area (Å²) in [5.74, 6) is 1.07. The molecule has 0 amide bonds. The van der Waals surface area contributed by atoms with E-state index in [1.165, 1.54) is 0 Å². The van der Waals surface area contributed by atoms with Gasteiger partial charge in [-0.2, -0.15) is 0 Å². The summed E-state index contributed by atoms with van der Waals surface area (Å²) in [6, 6.07) is 0. The molecule has 1 aromatic heterocycles. The molecule has 0 saturated heterocycles. The van der Waals surface area contributed by atoms with Gasteiger partial charge in [0.25, 0.3) is 0 Å². The van der Waals surface area contributed by atoms with Crippen LogP contribution in [0.3, 0.4) is 0 Å². The molecule has 0 aromatic carbocycles. The van der Waals surface area contributed by atoms with Gasteiger partial charge in [0.1, 0.15) is 0 Å². The first kappa shape index (κ1) is 7.57. The Morgan fingerprint density at radius 1 is 1.90 bits per heavy atom. The maximum atomic E-state index is 4.09. The molecule has 0 bridgehead atoms. The van der Waals surface area contributed by atoms with Crippen LogP contribution in [-0.4, -0.2) is 7.76 Å². The summed E-state index contributed by atoms with van der Waals surface area (Å²) in [4.78, 5) is 4.09. The van der Waals surface area contributed by atoms with E-state index < -0.39 is 0 Å². The number of hydrogen-bond donors (Lipinski definition) is 0. The van der Waals surface area contributed by atoms with Crippen LogP contribution in [0.15, 0.2) is 28.8 Å². The zero-order valence-electron chi connectivity index (χ0n) is 5.71. The standard InChI is InChI=1S/C7H8IN2/c1-3-4-8-10-6-5-9-7(10)2/h4-6H,1H2,2H3/q-1. The third-order valence-corrected chi connectivity index (χ3v) is 3.34. The molecule has 0 unspecified atom stereocenters. The van der Waals surface area contributed by atoms with Crippen LogP contribution in [0, 0.1) is 6.92 Å². The van der Waals surface area contributed by atoms with E-state index in [2.05, 4.69) is 20.1 Å². The summed E-state index contributed by atoms with van der Waals surface area (Å²) in [5, 5.41) is 0. The molecule has 3 heteroatoms. The van der Waals surface area contributed by atoms with Gasteiger partial charge in [-0.1, -0.05) is 0 Å². The predicted molar refractivity (Wildman–Crippen MR) is 36.1 cm³/mol. The number of aromatic nitrogens is 2. The van der Waals surface area contributed by atoms with Crippen LogP contribution in [0.4, 0.5) is 0 Å². The normalized spacial score (nSPS) is 9.30. The first-order valence-electron chi connectivity index (χ1n) is 2.83. The van der Waals surface area contributed by atoms with Crippen LogP contribution in [0.25, 0.3) is 0 Å². The Labute approximate surface area is 70.9 Å². The predicted octanol–water partition coefficient (Wildman–Crippen LogP) is -1.66. The number of hydrogen-bond acceptors (Lipinski definition) is 1. The second-order valence-electron chi connectivity index (χ2n) is 1.70. The molecule has 0 aliphatic rings. The monoisotopic (exact) mass is 247 g/mol. The second-order valence-corrected chi connectivity index (χ2v) is 3.92. The van der Waals surface area contributed by atoms with Crippen molar-refractivity contribution in [2.75, 3.05) is 0 Å². The molecule has 0 N–H and O–H groups in total. The zero-order chi connectivity index (χ0) is 7.40. The van der Waals surface area contributed by atoms with Crippen molar-refractivity contribution in [3.63, 3.8) is 0 Å². The fourth-order valence-electron chi connectivity index (χ4n) is 0.553. The van der Waals surface area contributed by atoms with Gasteiger partial charge in [0.05, 0.1) is 0 Å². The average molecular weight is 247 g/mol.